The van der Waals surface area contributed by atoms with E-state index in [1.165, 1.54) is 4.31 Å². The van der Waals surface area contributed by atoms with Gasteiger partial charge in [-0.05, 0) is 39.7 Å². The number of hydrogen-bond acceptors (Lipinski definition) is 6. The van der Waals surface area contributed by atoms with Gasteiger partial charge in [0.1, 0.15) is 10.6 Å². The highest BCUT2D eigenvalue weighted by molar-refractivity contribution is 7.89. The molecule has 1 aromatic heterocycles. The first-order valence-corrected chi connectivity index (χ1v) is 10.7. The molecule has 2 N–H and O–H groups in total. The molecule has 1 amide bonds. The van der Waals surface area contributed by atoms with Gasteiger partial charge in [-0.1, -0.05) is 18.0 Å². The van der Waals surface area contributed by atoms with Gasteiger partial charge in [-0.25, -0.2) is 8.42 Å². The van der Waals surface area contributed by atoms with Gasteiger partial charge in [0.25, 0.3) is 0 Å². The predicted molar refractivity (Wildman–Crippen MR) is 105 cm³/mol. The van der Waals surface area contributed by atoms with Gasteiger partial charge < -0.3 is 15.2 Å². The zero-order valence-corrected chi connectivity index (χ0v) is 17.8. The topological polar surface area (TPSA) is 110 Å². The Balaban J connectivity index is 0.00000364. The minimum absolute atomic E-state index is 0. The van der Waals surface area contributed by atoms with E-state index in [1.54, 1.807) is 18.7 Å². The number of aryl methyl sites for hydroxylation is 2. The van der Waals surface area contributed by atoms with Crippen molar-refractivity contribution in [3.05, 3.63) is 11.5 Å². The summed E-state index contributed by atoms with van der Waals surface area (Å²) in [5.41, 5.74) is 5.84. The van der Waals surface area contributed by atoms with Crippen LogP contribution in [0.25, 0.3) is 0 Å². The molecule has 0 unspecified atom stereocenters. The van der Waals surface area contributed by atoms with E-state index in [-0.39, 0.29) is 23.2 Å². The minimum atomic E-state index is -3.65. The van der Waals surface area contributed by atoms with Crippen LogP contribution in [-0.2, 0) is 14.8 Å². The lowest BCUT2D eigenvalue weighted by atomic mass is 10.1. The summed E-state index contributed by atoms with van der Waals surface area (Å²) >= 11 is 0. The van der Waals surface area contributed by atoms with Crippen LogP contribution in [0.3, 0.4) is 0 Å². The van der Waals surface area contributed by atoms with Gasteiger partial charge in [0.15, 0.2) is 5.76 Å². The maximum atomic E-state index is 12.9. The second-order valence-corrected chi connectivity index (χ2v) is 8.62. The maximum Gasteiger partial charge on any atom is 0.248 e. The first-order chi connectivity index (χ1) is 12.4. The molecule has 8 nitrogen and oxygen atoms in total. The number of carbonyl (C=O) groups excluding carboxylic acids is 1. The fraction of sp³-hybridized carbons (Fsp3) is 0.765. The van der Waals surface area contributed by atoms with Crippen molar-refractivity contribution in [3.8, 4) is 0 Å². The van der Waals surface area contributed by atoms with Gasteiger partial charge in [-0.15, -0.1) is 12.4 Å². The predicted octanol–water partition coefficient (Wildman–Crippen LogP) is 1.85. The maximum absolute atomic E-state index is 12.9. The fourth-order valence-corrected chi connectivity index (χ4v) is 5.05. The molecule has 0 bridgehead atoms. The first kappa shape index (κ1) is 23.9. The molecule has 156 valence electrons. The highest BCUT2D eigenvalue weighted by Gasteiger charge is 2.32. The van der Waals surface area contributed by atoms with E-state index < -0.39 is 10.0 Å². The summed E-state index contributed by atoms with van der Waals surface area (Å²) in [6, 6.07) is 0. The number of halogens is 1. The number of hydrogen-bond donors (Lipinski definition) is 1. The molecule has 1 aromatic rings. The second kappa shape index (κ2) is 11.0. The first-order valence-electron chi connectivity index (χ1n) is 9.28. The van der Waals surface area contributed by atoms with Crippen molar-refractivity contribution in [2.45, 2.75) is 57.3 Å². The lowest BCUT2D eigenvalue weighted by Crippen LogP contribution is -2.37. The SMILES string of the molecule is Cc1noc(C)c1S(=O)(=O)N1CCCN(C(=O)CCCCCCN)CC1.Cl. The molecular formula is C17H31ClN4O4S. The summed E-state index contributed by atoms with van der Waals surface area (Å²) in [5.74, 6) is 0.409. The Morgan fingerprint density at radius 2 is 1.81 bits per heavy atom. The van der Waals surface area contributed by atoms with Gasteiger partial charge in [0, 0.05) is 32.6 Å². The zero-order valence-electron chi connectivity index (χ0n) is 16.1. The van der Waals surface area contributed by atoms with Gasteiger partial charge in [0.05, 0.1) is 0 Å². The average Bonchev–Trinajstić information content (AvgIpc) is 2.81. The zero-order chi connectivity index (χ0) is 19.2. The van der Waals surface area contributed by atoms with Crippen molar-refractivity contribution in [2.24, 2.45) is 5.73 Å². The molecule has 0 atom stereocenters. The Hall–Kier alpha value is -1.16. The van der Waals surface area contributed by atoms with Crippen LogP contribution in [0.1, 0.15) is 50.0 Å². The highest BCUT2D eigenvalue weighted by Crippen LogP contribution is 2.24. The molecule has 0 spiro atoms. The molecule has 0 saturated carbocycles. The summed E-state index contributed by atoms with van der Waals surface area (Å²) in [7, 11) is -3.65. The number of nitrogens with zero attached hydrogens (tertiary/aromatic N) is 3. The van der Waals surface area contributed by atoms with Gasteiger partial charge in [0.2, 0.25) is 15.9 Å². The third-order valence-corrected chi connectivity index (χ3v) is 6.86. The van der Waals surface area contributed by atoms with Crippen LogP contribution in [0.5, 0.6) is 0 Å². The van der Waals surface area contributed by atoms with Crippen LogP contribution in [0.15, 0.2) is 9.42 Å². The quantitative estimate of drug-likeness (QED) is 0.640. The molecule has 0 aromatic carbocycles. The van der Waals surface area contributed by atoms with Crippen LogP contribution >= 0.6 is 12.4 Å². The number of unbranched alkanes of at least 4 members (excludes halogenated alkanes) is 3. The molecule has 1 aliphatic heterocycles. The lowest BCUT2D eigenvalue weighted by Gasteiger charge is -2.22. The van der Waals surface area contributed by atoms with Crippen molar-refractivity contribution < 1.29 is 17.7 Å². The largest absolute Gasteiger partial charge is 0.360 e. The fourth-order valence-electron chi connectivity index (χ4n) is 3.29. The van der Waals surface area contributed by atoms with Crippen molar-refractivity contribution in [3.63, 3.8) is 0 Å². The van der Waals surface area contributed by atoms with Crippen LogP contribution < -0.4 is 5.73 Å². The highest BCUT2D eigenvalue weighted by atomic mass is 35.5. The summed E-state index contributed by atoms with van der Waals surface area (Å²) in [4.78, 5) is 14.3. The van der Waals surface area contributed by atoms with Crippen molar-refractivity contribution in [2.75, 3.05) is 32.7 Å². The van der Waals surface area contributed by atoms with Crippen LogP contribution in [0.2, 0.25) is 0 Å². The van der Waals surface area contributed by atoms with E-state index in [2.05, 4.69) is 5.16 Å². The number of sulfonamides is 1. The van der Waals surface area contributed by atoms with Gasteiger partial charge in [-0.3, -0.25) is 4.79 Å². The minimum Gasteiger partial charge on any atom is -0.360 e. The number of carbonyl (C=O) groups is 1. The summed E-state index contributed by atoms with van der Waals surface area (Å²) in [6.07, 6.45) is 5.04. The molecular weight excluding hydrogens is 392 g/mol. The molecule has 2 heterocycles. The number of rotatable bonds is 8. The normalized spacial score (nSPS) is 16.0. The Morgan fingerprint density at radius 1 is 1.11 bits per heavy atom. The van der Waals surface area contributed by atoms with E-state index in [0.717, 1.165) is 25.7 Å². The van der Waals surface area contributed by atoms with Crippen molar-refractivity contribution >= 4 is 28.3 Å². The standard InChI is InChI=1S/C17H30N4O4S.ClH/c1-14-17(15(2)25-19-14)26(23,24)21-11-7-10-20(12-13-21)16(22)8-5-3-4-6-9-18;/h3-13,18H2,1-2H3;1H. The van der Waals surface area contributed by atoms with Crippen molar-refractivity contribution in [1.29, 1.82) is 0 Å². The molecule has 27 heavy (non-hydrogen) atoms. The van der Waals surface area contributed by atoms with E-state index in [9.17, 15) is 13.2 Å². The summed E-state index contributed by atoms with van der Waals surface area (Å²) in [6.45, 7) is 5.62. The lowest BCUT2D eigenvalue weighted by molar-refractivity contribution is -0.131. The molecule has 2 rings (SSSR count). The molecule has 1 fully saturated rings. The van der Waals surface area contributed by atoms with Crippen molar-refractivity contribution in [1.82, 2.24) is 14.4 Å². The Morgan fingerprint density at radius 3 is 2.44 bits per heavy atom. The van der Waals surface area contributed by atoms with E-state index in [4.69, 9.17) is 10.3 Å². The smallest absolute Gasteiger partial charge is 0.248 e. The Kier molecular flexibility index (Phi) is 9.72. The van der Waals surface area contributed by atoms with E-state index in [0.29, 0.717) is 57.0 Å². The van der Waals surface area contributed by atoms with Crippen LogP contribution in [0.4, 0.5) is 0 Å². The molecule has 1 saturated heterocycles. The number of aromatic nitrogens is 1. The monoisotopic (exact) mass is 422 g/mol. The Bertz CT molecular complexity index is 688. The number of nitrogens with two attached hydrogens (primary N) is 1. The number of amides is 1. The third-order valence-electron chi connectivity index (χ3n) is 4.72. The Labute approximate surface area is 167 Å². The van der Waals surface area contributed by atoms with Crippen LogP contribution in [-0.4, -0.2) is 61.4 Å². The average molecular weight is 423 g/mol. The summed E-state index contributed by atoms with van der Waals surface area (Å²) < 4.78 is 32.3. The molecule has 0 aliphatic carbocycles. The van der Waals surface area contributed by atoms with Gasteiger partial charge in [-0.2, -0.15) is 4.31 Å². The van der Waals surface area contributed by atoms with Gasteiger partial charge >= 0.3 is 0 Å². The van der Waals surface area contributed by atoms with Crippen LogP contribution in [0, 0.1) is 13.8 Å². The molecule has 0 radical (unpaired) electrons. The molecule has 1 aliphatic rings. The summed E-state index contributed by atoms with van der Waals surface area (Å²) in [5, 5.41) is 3.75. The molecule has 10 heteroatoms. The second-order valence-electron chi connectivity index (χ2n) is 6.74. The van der Waals surface area contributed by atoms with E-state index in [1.807, 2.05) is 0 Å². The third kappa shape index (κ3) is 6.17. The van der Waals surface area contributed by atoms with E-state index >= 15 is 0 Å².